The van der Waals surface area contributed by atoms with Gasteiger partial charge in [0.05, 0.1) is 5.69 Å². The van der Waals surface area contributed by atoms with Crippen molar-refractivity contribution in [2.24, 2.45) is 0 Å². The molecule has 1 aliphatic heterocycles. The summed E-state index contributed by atoms with van der Waals surface area (Å²) in [5.41, 5.74) is 3.80. The highest BCUT2D eigenvalue weighted by molar-refractivity contribution is 5.97. The van der Waals surface area contributed by atoms with Gasteiger partial charge in [-0.05, 0) is 37.1 Å². The fourth-order valence-corrected chi connectivity index (χ4v) is 3.76. The second-order valence-corrected chi connectivity index (χ2v) is 7.59. The zero-order valence-corrected chi connectivity index (χ0v) is 16.9. The van der Waals surface area contributed by atoms with Crippen molar-refractivity contribution in [1.82, 2.24) is 9.97 Å². The van der Waals surface area contributed by atoms with Gasteiger partial charge in [0, 0.05) is 42.7 Å². The Balaban J connectivity index is 1.54. The third-order valence-electron chi connectivity index (χ3n) is 5.58. The molecule has 1 aliphatic rings. The number of H-pyrrole nitrogens is 1. The van der Waals surface area contributed by atoms with Crippen molar-refractivity contribution in [3.63, 3.8) is 0 Å². The highest BCUT2D eigenvalue weighted by Gasteiger charge is 2.33. The molecule has 154 valence electrons. The van der Waals surface area contributed by atoms with Crippen LogP contribution in [0.1, 0.15) is 34.7 Å². The molecule has 1 aromatic heterocycles. The van der Waals surface area contributed by atoms with E-state index < -0.39 is 0 Å². The number of anilines is 2. The summed E-state index contributed by atoms with van der Waals surface area (Å²) in [5, 5.41) is 2.97. The van der Waals surface area contributed by atoms with E-state index in [-0.39, 0.29) is 42.1 Å². The first kappa shape index (κ1) is 19.8. The Labute approximate surface area is 173 Å². The monoisotopic (exact) mass is 406 g/mol. The Morgan fingerprint density at radius 2 is 1.97 bits per heavy atom. The fourth-order valence-electron chi connectivity index (χ4n) is 3.76. The average molecular weight is 406 g/mol. The number of hydrogen-bond acceptors (Lipinski definition) is 4. The number of benzene rings is 2. The SMILES string of the molecule is Cc1cccc(N2CC(c3cc(=O)[nH]c(NCc4ccccc4F)n3)CC2=O)c1C. The molecule has 2 heterocycles. The van der Waals surface area contributed by atoms with E-state index in [1.54, 1.807) is 23.1 Å². The molecular formula is C23H23FN4O2. The molecule has 0 bridgehead atoms. The van der Waals surface area contributed by atoms with E-state index in [1.807, 2.05) is 32.0 Å². The zero-order chi connectivity index (χ0) is 21.3. The second-order valence-electron chi connectivity index (χ2n) is 7.59. The third kappa shape index (κ3) is 3.96. The first-order valence-corrected chi connectivity index (χ1v) is 9.87. The minimum Gasteiger partial charge on any atom is -0.352 e. The van der Waals surface area contributed by atoms with Crippen LogP contribution in [0, 0.1) is 19.7 Å². The molecule has 0 saturated carbocycles. The first-order chi connectivity index (χ1) is 14.4. The maximum absolute atomic E-state index is 13.8. The molecule has 0 spiro atoms. The highest BCUT2D eigenvalue weighted by Crippen LogP contribution is 2.33. The predicted molar refractivity (Wildman–Crippen MR) is 114 cm³/mol. The van der Waals surface area contributed by atoms with E-state index in [9.17, 15) is 14.0 Å². The number of nitrogens with one attached hydrogen (secondary N) is 2. The molecule has 1 atom stereocenters. The van der Waals surface area contributed by atoms with Gasteiger partial charge in [0.15, 0.2) is 0 Å². The maximum atomic E-state index is 13.8. The van der Waals surface area contributed by atoms with E-state index in [2.05, 4.69) is 15.3 Å². The number of aromatic nitrogens is 2. The Morgan fingerprint density at radius 3 is 2.77 bits per heavy atom. The zero-order valence-electron chi connectivity index (χ0n) is 16.9. The van der Waals surface area contributed by atoms with Gasteiger partial charge in [0.2, 0.25) is 11.9 Å². The number of rotatable bonds is 5. The summed E-state index contributed by atoms with van der Waals surface area (Å²) in [6, 6.07) is 13.7. The topological polar surface area (TPSA) is 78.1 Å². The predicted octanol–water partition coefficient (Wildman–Crippen LogP) is 3.66. The molecule has 1 saturated heterocycles. The molecule has 6 nitrogen and oxygen atoms in total. The smallest absolute Gasteiger partial charge is 0.252 e. The van der Waals surface area contributed by atoms with Crippen LogP contribution >= 0.6 is 0 Å². The number of nitrogens with zero attached hydrogens (tertiary/aromatic N) is 2. The van der Waals surface area contributed by atoms with Crippen molar-refractivity contribution in [2.75, 3.05) is 16.8 Å². The van der Waals surface area contributed by atoms with Crippen LogP contribution in [0.2, 0.25) is 0 Å². The molecule has 2 aromatic carbocycles. The summed E-state index contributed by atoms with van der Waals surface area (Å²) in [5.74, 6) is -0.238. The lowest BCUT2D eigenvalue weighted by atomic mass is 10.0. The van der Waals surface area contributed by atoms with E-state index in [0.717, 1.165) is 16.8 Å². The van der Waals surface area contributed by atoms with E-state index in [4.69, 9.17) is 0 Å². The van der Waals surface area contributed by atoms with E-state index >= 15 is 0 Å². The number of amides is 1. The van der Waals surface area contributed by atoms with Gasteiger partial charge in [-0.15, -0.1) is 0 Å². The number of carbonyl (C=O) groups is 1. The Kier molecular flexibility index (Phi) is 5.35. The van der Waals surface area contributed by atoms with Gasteiger partial charge in [0.25, 0.3) is 5.56 Å². The van der Waals surface area contributed by atoms with Crippen LogP contribution in [0.3, 0.4) is 0 Å². The van der Waals surface area contributed by atoms with Gasteiger partial charge in [-0.1, -0.05) is 30.3 Å². The van der Waals surface area contributed by atoms with Crippen molar-refractivity contribution < 1.29 is 9.18 Å². The Bertz CT molecular complexity index is 1160. The molecule has 30 heavy (non-hydrogen) atoms. The number of hydrogen-bond donors (Lipinski definition) is 2. The van der Waals surface area contributed by atoms with Crippen LogP contribution < -0.4 is 15.8 Å². The van der Waals surface area contributed by atoms with Crippen LogP contribution in [0.25, 0.3) is 0 Å². The van der Waals surface area contributed by atoms with Gasteiger partial charge in [0.1, 0.15) is 5.82 Å². The normalized spacial score (nSPS) is 16.2. The third-order valence-corrected chi connectivity index (χ3v) is 5.58. The van der Waals surface area contributed by atoms with Crippen molar-refractivity contribution in [3.05, 3.63) is 87.1 Å². The minimum absolute atomic E-state index is 0.0108. The molecule has 0 radical (unpaired) electrons. The molecule has 1 amide bonds. The van der Waals surface area contributed by atoms with Crippen LogP contribution in [0.5, 0.6) is 0 Å². The van der Waals surface area contributed by atoms with Gasteiger partial charge < -0.3 is 10.2 Å². The first-order valence-electron chi connectivity index (χ1n) is 9.87. The van der Waals surface area contributed by atoms with Crippen LogP contribution in [0.15, 0.2) is 53.3 Å². The van der Waals surface area contributed by atoms with Gasteiger partial charge >= 0.3 is 0 Å². The lowest BCUT2D eigenvalue weighted by Crippen LogP contribution is -2.25. The fraction of sp³-hybridized carbons (Fsp3) is 0.261. The molecule has 1 fully saturated rings. The van der Waals surface area contributed by atoms with Gasteiger partial charge in [-0.25, -0.2) is 9.37 Å². The van der Waals surface area contributed by atoms with Crippen molar-refractivity contribution in [3.8, 4) is 0 Å². The lowest BCUT2D eigenvalue weighted by molar-refractivity contribution is -0.117. The summed E-state index contributed by atoms with van der Waals surface area (Å²) < 4.78 is 13.8. The molecule has 2 N–H and O–H groups in total. The lowest BCUT2D eigenvalue weighted by Gasteiger charge is -2.20. The maximum Gasteiger partial charge on any atom is 0.252 e. The molecule has 3 aromatic rings. The Hall–Kier alpha value is -3.48. The van der Waals surface area contributed by atoms with Crippen LogP contribution in [-0.2, 0) is 11.3 Å². The van der Waals surface area contributed by atoms with Gasteiger partial charge in [-0.2, -0.15) is 0 Å². The van der Waals surface area contributed by atoms with Crippen molar-refractivity contribution in [2.45, 2.75) is 32.7 Å². The van der Waals surface area contributed by atoms with Gasteiger partial charge in [-0.3, -0.25) is 14.6 Å². The molecule has 7 heteroatoms. The summed E-state index contributed by atoms with van der Waals surface area (Å²) in [4.78, 5) is 33.8. The Morgan fingerprint density at radius 1 is 1.17 bits per heavy atom. The van der Waals surface area contributed by atoms with E-state index in [0.29, 0.717) is 17.8 Å². The number of aryl methyl sites for hydroxylation is 1. The average Bonchev–Trinajstić information content (AvgIpc) is 3.11. The van der Waals surface area contributed by atoms with E-state index in [1.165, 1.54) is 12.1 Å². The van der Waals surface area contributed by atoms with Crippen LogP contribution in [-0.4, -0.2) is 22.4 Å². The minimum atomic E-state index is -0.325. The standard InChI is InChI=1S/C23H23FN4O2/c1-14-6-5-9-20(15(14)2)28-13-17(10-22(28)30)19-11-21(29)27-23(26-19)25-12-16-7-3-4-8-18(16)24/h3-9,11,17H,10,12-13H2,1-2H3,(H2,25,26,27,29). The molecular weight excluding hydrogens is 383 g/mol. The highest BCUT2D eigenvalue weighted by atomic mass is 19.1. The van der Waals surface area contributed by atoms with Crippen molar-refractivity contribution >= 4 is 17.5 Å². The van der Waals surface area contributed by atoms with Crippen molar-refractivity contribution in [1.29, 1.82) is 0 Å². The molecule has 4 rings (SSSR count). The molecule has 1 unspecified atom stereocenters. The summed E-state index contributed by atoms with van der Waals surface area (Å²) in [6.45, 7) is 4.67. The summed E-state index contributed by atoms with van der Waals surface area (Å²) >= 11 is 0. The number of carbonyl (C=O) groups excluding carboxylic acids is 1. The number of halogens is 1. The largest absolute Gasteiger partial charge is 0.352 e. The summed E-state index contributed by atoms with van der Waals surface area (Å²) in [7, 11) is 0. The number of aromatic amines is 1. The quantitative estimate of drug-likeness (QED) is 0.678. The molecule has 0 aliphatic carbocycles. The van der Waals surface area contributed by atoms with Crippen LogP contribution in [0.4, 0.5) is 16.0 Å². The second kappa shape index (κ2) is 8.10. The summed E-state index contributed by atoms with van der Waals surface area (Å²) in [6.07, 6.45) is 0.288.